The molecule has 2 aromatic rings. The zero-order chi connectivity index (χ0) is 21.5. The lowest BCUT2D eigenvalue weighted by atomic mass is 9.82. The molecule has 30 heavy (non-hydrogen) atoms. The third-order valence-corrected chi connectivity index (χ3v) is 4.90. The fourth-order valence-electron chi connectivity index (χ4n) is 3.22. The molecule has 7 heteroatoms. The number of carboxylic acids is 1. The Bertz CT molecular complexity index is 965. The predicted molar refractivity (Wildman–Crippen MR) is 109 cm³/mol. The lowest BCUT2D eigenvalue weighted by molar-refractivity contribution is -0.146. The average molecular weight is 407 g/mol. The van der Waals surface area contributed by atoms with Crippen LogP contribution in [0.25, 0.3) is 0 Å². The number of hydrogen-bond acceptors (Lipinski definition) is 5. The van der Waals surface area contributed by atoms with Gasteiger partial charge >= 0.3 is 11.9 Å². The van der Waals surface area contributed by atoms with E-state index >= 15 is 0 Å². The Kier molecular flexibility index (Phi) is 6.75. The summed E-state index contributed by atoms with van der Waals surface area (Å²) in [4.78, 5) is 48.0. The van der Waals surface area contributed by atoms with Crippen molar-refractivity contribution < 1.29 is 29.0 Å². The van der Waals surface area contributed by atoms with Gasteiger partial charge in [0, 0.05) is 11.3 Å². The summed E-state index contributed by atoms with van der Waals surface area (Å²) in [6.45, 7) is -0.368. The van der Waals surface area contributed by atoms with Crippen LogP contribution >= 0.6 is 0 Å². The van der Waals surface area contributed by atoms with E-state index in [1.54, 1.807) is 42.5 Å². The second-order valence-electron chi connectivity index (χ2n) is 6.93. The zero-order valence-electron chi connectivity index (χ0n) is 16.1. The first-order valence-corrected chi connectivity index (χ1v) is 9.50. The summed E-state index contributed by atoms with van der Waals surface area (Å²) in [5.74, 6) is -3.74. The Balaban J connectivity index is 1.56. The summed E-state index contributed by atoms with van der Waals surface area (Å²) < 4.78 is 5.05. The van der Waals surface area contributed by atoms with E-state index in [0.29, 0.717) is 24.1 Å². The number of amides is 1. The number of hydrogen-bond donors (Lipinski definition) is 2. The number of ketones is 1. The highest BCUT2D eigenvalue weighted by Crippen LogP contribution is 2.27. The molecule has 0 unspecified atom stereocenters. The van der Waals surface area contributed by atoms with Crippen molar-refractivity contribution in [3.63, 3.8) is 0 Å². The van der Waals surface area contributed by atoms with Crippen LogP contribution in [-0.2, 0) is 14.3 Å². The van der Waals surface area contributed by atoms with Crippen LogP contribution in [0.15, 0.2) is 66.7 Å². The van der Waals surface area contributed by atoms with E-state index in [1.165, 1.54) is 24.3 Å². The summed E-state index contributed by atoms with van der Waals surface area (Å²) in [7, 11) is 0. The third-order valence-electron chi connectivity index (χ3n) is 4.90. The maximum atomic E-state index is 12.5. The van der Waals surface area contributed by atoms with Gasteiger partial charge in [-0.25, -0.2) is 4.79 Å². The van der Waals surface area contributed by atoms with Crippen molar-refractivity contribution in [1.82, 2.24) is 0 Å². The Morgan fingerprint density at radius 1 is 0.867 bits per heavy atom. The number of aliphatic carboxylic acids is 1. The number of Topliss-reactive ketones (excluding diaryl/α,β-unsaturated/α-hetero) is 1. The molecule has 2 aromatic carbocycles. The maximum Gasteiger partial charge on any atom is 0.338 e. The minimum Gasteiger partial charge on any atom is -0.481 e. The van der Waals surface area contributed by atoms with Gasteiger partial charge in [0.15, 0.2) is 12.4 Å². The van der Waals surface area contributed by atoms with E-state index in [-0.39, 0.29) is 23.9 Å². The van der Waals surface area contributed by atoms with E-state index < -0.39 is 23.8 Å². The number of carbonyl (C=O) groups excluding carboxylic acids is 3. The van der Waals surface area contributed by atoms with Gasteiger partial charge in [0.2, 0.25) is 5.91 Å². The number of ether oxygens (including phenoxy) is 1. The molecular formula is C23H21NO6. The summed E-state index contributed by atoms with van der Waals surface area (Å²) in [6.07, 6.45) is 4.26. The molecule has 1 amide bonds. The van der Waals surface area contributed by atoms with Crippen LogP contribution in [0.5, 0.6) is 0 Å². The first-order chi connectivity index (χ1) is 14.5. The van der Waals surface area contributed by atoms with Gasteiger partial charge in [-0.2, -0.15) is 0 Å². The molecule has 2 atom stereocenters. The van der Waals surface area contributed by atoms with Crippen LogP contribution in [0, 0.1) is 11.8 Å². The van der Waals surface area contributed by atoms with Crippen LogP contribution < -0.4 is 5.32 Å². The highest BCUT2D eigenvalue weighted by molar-refractivity contribution is 5.99. The molecule has 0 fully saturated rings. The Morgan fingerprint density at radius 3 is 2.13 bits per heavy atom. The third kappa shape index (κ3) is 5.20. The molecule has 0 spiro atoms. The Hall–Kier alpha value is -3.74. The Morgan fingerprint density at radius 2 is 1.50 bits per heavy atom. The van der Waals surface area contributed by atoms with Gasteiger partial charge in [-0.1, -0.05) is 42.5 Å². The van der Waals surface area contributed by atoms with Crippen molar-refractivity contribution in [2.24, 2.45) is 11.8 Å². The second kappa shape index (κ2) is 9.65. The molecule has 7 nitrogen and oxygen atoms in total. The summed E-state index contributed by atoms with van der Waals surface area (Å²) in [5, 5.41) is 12.0. The lowest BCUT2D eigenvalue weighted by Gasteiger charge is -2.24. The molecule has 0 saturated heterocycles. The fourth-order valence-corrected chi connectivity index (χ4v) is 3.22. The highest BCUT2D eigenvalue weighted by Gasteiger charge is 2.33. The van der Waals surface area contributed by atoms with Crippen LogP contribution in [0.1, 0.15) is 33.6 Å². The van der Waals surface area contributed by atoms with Crippen LogP contribution in [0.4, 0.5) is 5.69 Å². The van der Waals surface area contributed by atoms with Crippen molar-refractivity contribution in [3.8, 4) is 0 Å². The number of anilines is 1. The van der Waals surface area contributed by atoms with Crippen LogP contribution in [0.3, 0.4) is 0 Å². The standard InChI is InChI=1S/C23H21NO6/c25-20(15-6-2-1-3-7-15)14-30-23(29)16-10-12-17(13-11-16)24-21(26)18-8-4-5-9-19(18)22(27)28/h1-7,10-13,18-19H,8-9,14H2,(H,24,26)(H,27,28)/t18-,19-/m1/s1. The van der Waals surface area contributed by atoms with Gasteiger partial charge in [-0.05, 0) is 37.1 Å². The molecule has 154 valence electrons. The van der Waals surface area contributed by atoms with Crippen molar-refractivity contribution in [2.75, 3.05) is 11.9 Å². The average Bonchev–Trinajstić information content (AvgIpc) is 2.78. The topological polar surface area (TPSA) is 110 Å². The van der Waals surface area contributed by atoms with Gasteiger partial charge in [-0.15, -0.1) is 0 Å². The monoisotopic (exact) mass is 407 g/mol. The minimum atomic E-state index is -0.998. The second-order valence-corrected chi connectivity index (χ2v) is 6.93. The predicted octanol–water partition coefficient (Wildman–Crippen LogP) is 3.33. The Labute approximate surface area is 173 Å². The van der Waals surface area contributed by atoms with Crippen LogP contribution in [0.2, 0.25) is 0 Å². The fraction of sp³-hybridized carbons (Fsp3) is 0.217. The van der Waals surface area contributed by atoms with Crippen LogP contribution in [-0.4, -0.2) is 35.3 Å². The number of nitrogens with one attached hydrogen (secondary N) is 1. The zero-order valence-corrected chi connectivity index (χ0v) is 16.1. The quantitative estimate of drug-likeness (QED) is 0.414. The molecule has 0 aromatic heterocycles. The van der Waals surface area contributed by atoms with Gasteiger partial charge in [0.25, 0.3) is 0 Å². The van der Waals surface area contributed by atoms with E-state index in [1.807, 2.05) is 0 Å². The maximum absolute atomic E-state index is 12.5. The number of allylic oxidation sites excluding steroid dienone is 2. The molecule has 3 rings (SSSR count). The number of rotatable bonds is 7. The van der Waals surface area contributed by atoms with Gasteiger partial charge < -0.3 is 15.2 Å². The van der Waals surface area contributed by atoms with Crippen molar-refractivity contribution in [1.29, 1.82) is 0 Å². The molecule has 0 saturated carbocycles. The van der Waals surface area contributed by atoms with Gasteiger partial charge in [-0.3, -0.25) is 14.4 Å². The van der Waals surface area contributed by atoms with Crippen molar-refractivity contribution in [3.05, 3.63) is 77.9 Å². The number of esters is 1. The minimum absolute atomic E-state index is 0.234. The van der Waals surface area contributed by atoms with Gasteiger partial charge in [0.05, 0.1) is 17.4 Å². The number of carbonyl (C=O) groups is 4. The largest absolute Gasteiger partial charge is 0.481 e. The summed E-state index contributed by atoms with van der Waals surface area (Å²) >= 11 is 0. The first kappa shape index (κ1) is 21.0. The number of carboxylic acid groups (broad SMARTS) is 1. The van der Waals surface area contributed by atoms with E-state index in [0.717, 1.165) is 0 Å². The molecule has 2 N–H and O–H groups in total. The molecule has 1 aliphatic rings. The van der Waals surface area contributed by atoms with Crippen molar-refractivity contribution >= 4 is 29.3 Å². The van der Waals surface area contributed by atoms with Crippen molar-refractivity contribution in [2.45, 2.75) is 12.8 Å². The van der Waals surface area contributed by atoms with E-state index in [9.17, 15) is 24.3 Å². The SMILES string of the molecule is O=C(COC(=O)c1ccc(NC(=O)[C@@H]2CC=CC[C@H]2C(=O)O)cc1)c1ccccc1. The normalized spacial score (nSPS) is 17.7. The number of benzene rings is 2. The molecule has 0 radical (unpaired) electrons. The van der Waals surface area contributed by atoms with Gasteiger partial charge in [0.1, 0.15) is 0 Å². The molecule has 0 aliphatic heterocycles. The smallest absolute Gasteiger partial charge is 0.338 e. The highest BCUT2D eigenvalue weighted by atomic mass is 16.5. The summed E-state index contributed by atoms with van der Waals surface area (Å²) in [5.41, 5.74) is 1.13. The molecule has 0 bridgehead atoms. The molecule has 1 aliphatic carbocycles. The van der Waals surface area contributed by atoms with E-state index in [4.69, 9.17) is 4.74 Å². The molecule has 0 heterocycles. The lowest BCUT2D eigenvalue weighted by Crippen LogP contribution is -2.34. The first-order valence-electron chi connectivity index (χ1n) is 9.50. The summed E-state index contributed by atoms with van der Waals surface area (Å²) in [6, 6.07) is 14.5. The van der Waals surface area contributed by atoms with E-state index in [2.05, 4.69) is 5.32 Å². The molecular weight excluding hydrogens is 386 g/mol.